The van der Waals surface area contributed by atoms with Gasteiger partial charge in [0, 0.05) is 10.6 Å². The van der Waals surface area contributed by atoms with Crippen molar-refractivity contribution >= 4 is 17.6 Å². The molecule has 3 rings (SSSR count). The number of methoxy groups -OCH3 is 1. The van der Waals surface area contributed by atoms with Gasteiger partial charge in [0.2, 0.25) is 0 Å². The molecule has 0 radical (unpaired) electrons. The first-order valence-corrected chi connectivity index (χ1v) is 8.18. The third-order valence-corrected chi connectivity index (χ3v) is 3.99. The molecular weight excluding hydrogens is 340 g/mol. The number of carbonyl (C=O) groups is 1. The van der Waals surface area contributed by atoms with E-state index in [0.29, 0.717) is 10.7 Å². The summed E-state index contributed by atoms with van der Waals surface area (Å²) < 4.78 is 11.9. The molecule has 0 unspecified atom stereocenters. The Morgan fingerprint density at radius 2 is 1.88 bits per heavy atom. The van der Waals surface area contributed by atoms with Gasteiger partial charge >= 0.3 is 5.97 Å². The molecule has 0 aliphatic heterocycles. The Kier molecular flexibility index (Phi) is 5.05. The third-order valence-electron chi connectivity index (χ3n) is 3.66. The lowest BCUT2D eigenvalue weighted by Crippen LogP contribution is -2.06. The van der Waals surface area contributed by atoms with Gasteiger partial charge in [0.15, 0.2) is 5.69 Å². The summed E-state index contributed by atoms with van der Waals surface area (Å²) in [6, 6.07) is 16.5. The van der Waals surface area contributed by atoms with Crippen molar-refractivity contribution < 1.29 is 14.3 Å². The summed E-state index contributed by atoms with van der Waals surface area (Å²) in [5.41, 5.74) is 2.50. The third kappa shape index (κ3) is 3.51. The summed E-state index contributed by atoms with van der Waals surface area (Å²) in [4.78, 5) is 12.1. The van der Waals surface area contributed by atoms with E-state index in [1.165, 1.54) is 0 Å². The normalized spacial score (nSPS) is 10.5. The minimum Gasteiger partial charge on any atom is -0.497 e. The van der Waals surface area contributed by atoms with Crippen LogP contribution in [0.15, 0.2) is 54.6 Å². The molecule has 0 atom stereocenters. The monoisotopic (exact) mass is 356 g/mol. The van der Waals surface area contributed by atoms with E-state index in [1.807, 2.05) is 42.5 Å². The first-order chi connectivity index (χ1) is 12.1. The maximum absolute atomic E-state index is 12.1. The van der Waals surface area contributed by atoms with E-state index in [2.05, 4.69) is 5.10 Å². The van der Waals surface area contributed by atoms with Crippen molar-refractivity contribution in [2.75, 3.05) is 13.7 Å². The van der Waals surface area contributed by atoms with Gasteiger partial charge in [0.1, 0.15) is 5.75 Å². The van der Waals surface area contributed by atoms with Crippen LogP contribution in [0.3, 0.4) is 0 Å². The van der Waals surface area contributed by atoms with Crippen LogP contribution in [0.1, 0.15) is 17.4 Å². The molecular formula is C19H17ClN2O3. The lowest BCUT2D eigenvalue weighted by atomic mass is 10.1. The minimum atomic E-state index is -0.469. The zero-order chi connectivity index (χ0) is 17.8. The molecule has 1 aromatic heterocycles. The zero-order valence-corrected chi connectivity index (χ0v) is 14.7. The molecule has 0 saturated carbocycles. The maximum Gasteiger partial charge on any atom is 0.358 e. The van der Waals surface area contributed by atoms with Gasteiger partial charge in [0.25, 0.3) is 0 Å². The molecule has 0 bridgehead atoms. The van der Waals surface area contributed by atoms with Crippen molar-refractivity contribution in [3.63, 3.8) is 0 Å². The highest BCUT2D eigenvalue weighted by Gasteiger charge is 2.19. The van der Waals surface area contributed by atoms with Crippen molar-refractivity contribution in [1.82, 2.24) is 9.78 Å². The second-order valence-corrected chi connectivity index (χ2v) is 5.63. The van der Waals surface area contributed by atoms with Crippen molar-refractivity contribution in [1.29, 1.82) is 0 Å². The number of carbonyl (C=O) groups excluding carboxylic acids is 1. The van der Waals surface area contributed by atoms with Crippen LogP contribution < -0.4 is 4.74 Å². The van der Waals surface area contributed by atoms with E-state index >= 15 is 0 Å². The molecule has 0 saturated heterocycles. The minimum absolute atomic E-state index is 0.229. The van der Waals surface area contributed by atoms with Crippen molar-refractivity contribution in [2.24, 2.45) is 0 Å². The molecule has 6 heteroatoms. The number of esters is 1. The van der Waals surface area contributed by atoms with Crippen LogP contribution >= 0.6 is 11.6 Å². The number of hydrogen-bond acceptors (Lipinski definition) is 4. The Balaban J connectivity index is 2.14. The van der Waals surface area contributed by atoms with Gasteiger partial charge in [0.05, 0.1) is 25.1 Å². The Bertz CT molecular complexity index is 888. The topological polar surface area (TPSA) is 53.4 Å². The van der Waals surface area contributed by atoms with Crippen LogP contribution in [0.2, 0.25) is 5.02 Å². The van der Waals surface area contributed by atoms with Crippen LogP contribution in [-0.4, -0.2) is 29.5 Å². The molecule has 3 aromatic rings. The molecule has 25 heavy (non-hydrogen) atoms. The summed E-state index contributed by atoms with van der Waals surface area (Å²) in [5.74, 6) is 0.267. The highest BCUT2D eigenvalue weighted by molar-refractivity contribution is 6.33. The van der Waals surface area contributed by atoms with E-state index in [-0.39, 0.29) is 12.3 Å². The first kappa shape index (κ1) is 17.0. The van der Waals surface area contributed by atoms with E-state index < -0.39 is 5.97 Å². The van der Waals surface area contributed by atoms with E-state index in [0.717, 1.165) is 17.0 Å². The Morgan fingerprint density at radius 1 is 1.16 bits per heavy atom. The van der Waals surface area contributed by atoms with Gasteiger partial charge < -0.3 is 9.47 Å². The smallest absolute Gasteiger partial charge is 0.358 e. The maximum atomic E-state index is 12.1. The fourth-order valence-corrected chi connectivity index (χ4v) is 2.70. The summed E-state index contributed by atoms with van der Waals surface area (Å²) in [6.07, 6.45) is 0. The molecule has 0 N–H and O–H groups in total. The number of benzene rings is 2. The second-order valence-electron chi connectivity index (χ2n) is 5.22. The predicted octanol–water partition coefficient (Wildman–Crippen LogP) is 4.38. The van der Waals surface area contributed by atoms with Gasteiger partial charge in [-0.25, -0.2) is 9.48 Å². The second kappa shape index (κ2) is 7.40. The molecule has 5 nitrogen and oxygen atoms in total. The van der Waals surface area contributed by atoms with Crippen LogP contribution in [-0.2, 0) is 4.74 Å². The zero-order valence-electron chi connectivity index (χ0n) is 13.9. The van der Waals surface area contributed by atoms with Crippen molar-refractivity contribution in [3.05, 3.63) is 65.3 Å². The summed E-state index contributed by atoms with van der Waals surface area (Å²) in [5, 5.41) is 4.99. The lowest BCUT2D eigenvalue weighted by molar-refractivity contribution is 0.0519. The van der Waals surface area contributed by atoms with Gasteiger partial charge in [-0.2, -0.15) is 5.10 Å². The highest BCUT2D eigenvalue weighted by Crippen LogP contribution is 2.30. The van der Waals surface area contributed by atoms with Crippen LogP contribution in [0.4, 0.5) is 0 Å². The Morgan fingerprint density at radius 3 is 2.52 bits per heavy atom. The molecule has 2 aromatic carbocycles. The fourth-order valence-electron chi connectivity index (χ4n) is 2.47. The van der Waals surface area contributed by atoms with Crippen LogP contribution in [0.25, 0.3) is 16.9 Å². The number of ether oxygens (including phenoxy) is 2. The number of nitrogens with zero attached hydrogens (tertiary/aromatic N) is 2. The van der Waals surface area contributed by atoms with Gasteiger partial charge in [-0.1, -0.05) is 29.8 Å². The summed E-state index contributed by atoms with van der Waals surface area (Å²) in [7, 11) is 1.61. The number of hydrogen-bond donors (Lipinski definition) is 0. The molecule has 0 aliphatic carbocycles. The number of aromatic nitrogens is 2. The molecule has 1 heterocycles. The van der Waals surface area contributed by atoms with Crippen molar-refractivity contribution in [2.45, 2.75) is 6.92 Å². The van der Waals surface area contributed by atoms with E-state index in [1.54, 1.807) is 30.8 Å². The number of rotatable bonds is 5. The first-order valence-electron chi connectivity index (χ1n) is 7.80. The molecule has 128 valence electrons. The van der Waals surface area contributed by atoms with Crippen molar-refractivity contribution in [3.8, 4) is 22.7 Å². The predicted molar refractivity (Wildman–Crippen MR) is 96.5 cm³/mol. The standard InChI is InChI=1S/C19H17ClN2O3/c1-3-25-19(23)17-12-18(15-6-4-5-7-16(15)20)22(21-17)13-8-10-14(24-2)11-9-13/h4-12H,3H2,1-2H3. The SMILES string of the molecule is CCOC(=O)c1cc(-c2ccccc2Cl)n(-c2ccc(OC)cc2)n1. The quantitative estimate of drug-likeness (QED) is 0.637. The van der Waals surface area contributed by atoms with Crippen LogP contribution in [0.5, 0.6) is 5.75 Å². The molecule has 0 spiro atoms. The largest absolute Gasteiger partial charge is 0.497 e. The van der Waals surface area contributed by atoms with Gasteiger partial charge in [-0.15, -0.1) is 0 Å². The summed E-state index contributed by atoms with van der Waals surface area (Å²) in [6.45, 7) is 2.04. The Labute approximate surface area is 150 Å². The fraction of sp³-hybridized carbons (Fsp3) is 0.158. The highest BCUT2D eigenvalue weighted by atomic mass is 35.5. The van der Waals surface area contributed by atoms with Gasteiger partial charge in [-0.05, 0) is 43.3 Å². The van der Waals surface area contributed by atoms with E-state index in [9.17, 15) is 4.79 Å². The lowest BCUT2D eigenvalue weighted by Gasteiger charge is -2.09. The van der Waals surface area contributed by atoms with Gasteiger partial charge in [-0.3, -0.25) is 0 Å². The molecule has 0 aliphatic rings. The summed E-state index contributed by atoms with van der Waals surface area (Å²) >= 11 is 6.34. The molecule has 0 fully saturated rings. The average Bonchev–Trinajstić information content (AvgIpc) is 3.07. The number of halogens is 1. The Hall–Kier alpha value is -2.79. The van der Waals surface area contributed by atoms with Crippen LogP contribution in [0, 0.1) is 0 Å². The van der Waals surface area contributed by atoms with E-state index in [4.69, 9.17) is 21.1 Å². The average molecular weight is 357 g/mol. The molecule has 0 amide bonds.